The lowest BCUT2D eigenvalue weighted by molar-refractivity contribution is -0.141. The third-order valence-corrected chi connectivity index (χ3v) is 2.56. The normalized spacial score (nSPS) is 28.3. The fourth-order valence-corrected chi connectivity index (χ4v) is 1.36. The van der Waals surface area contributed by atoms with Gasteiger partial charge < -0.3 is 10.2 Å². The van der Waals surface area contributed by atoms with E-state index < -0.39 is 5.41 Å². The molecule has 0 bridgehead atoms. The Morgan fingerprint density at radius 3 is 2.54 bits per heavy atom. The third kappa shape index (κ3) is 1.66. The molecule has 1 unspecified atom stereocenters. The Hall–Kier alpha value is -1.06. The molecule has 0 aromatic carbocycles. The first-order valence-corrected chi connectivity index (χ1v) is 4.41. The predicted molar refractivity (Wildman–Crippen MR) is 49.0 cm³/mol. The van der Waals surface area contributed by atoms with E-state index in [0.717, 1.165) is 0 Å². The highest BCUT2D eigenvalue weighted by Gasteiger charge is 2.37. The lowest BCUT2D eigenvalue weighted by Gasteiger charge is -2.26. The molecule has 1 aliphatic rings. The molecule has 0 aliphatic carbocycles. The number of hydrogen-bond acceptors (Lipinski definition) is 2. The van der Waals surface area contributed by atoms with E-state index in [9.17, 15) is 9.59 Å². The number of amides is 2. The summed E-state index contributed by atoms with van der Waals surface area (Å²) in [5.41, 5.74) is -0.491. The van der Waals surface area contributed by atoms with Crippen molar-refractivity contribution in [3.8, 4) is 0 Å². The zero-order chi connectivity index (χ0) is 10.2. The van der Waals surface area contributed by atoms with Crippen LogP contribution >= 0.6 is 0 Å². The summed E-state index contributed by atoms with van der Waals surface area (Å²) in [4.78, 5) is 24.6. The Morgan fingerprint density at radius 1 is 1.46 bits per heavy atom. The van der Waals surface area contributed by atoms with Crippen LogP contribution in [0.25, 0.3) is 0 Å². The van der Waals surface area contributed by atoms with Gasteiger partial charge >= 0.3 is 0 Å². The fourth-order valence-electron chi connectivity index (χ4n) is 1.36. The second-order valence-corrected chi connectivity index (χ2v) is 4.19. The average molecular weight is 184 g/mol. The van der Waals surface area contributed by atoms with Gasteiger partial charge in [-0.25, -0.2) is 0 Å². The van der Waals surface area contributed by atoms with Gasteiger partial charge in [-0.15, -0.1) is 0 Å². The second kappa shape index (κ2) is 3.01. The highest BCUT2D eigenvalue weighted by atomic mass is 16.2. The summed E-state index contributed by atoms with van der Waals surface area (Å²) in [6, 6.07) is -0.366. The Labute approximate surface area is 78.3 Å². The van der Waals surface area contributed by atoms with Crippen LogP contribution in [-0.4, -0.2) is 36.3 Å². The highest BCUT2D eigenvalue weighted by molar-refractivity contribution is 5.92. The van der Waals surface area contributed by atoms with Gasteiger partial charge in [0, 0.05) is 13.6 Å². The SMILES string of the molecule is CC1C(=O)NCC(C)(C)C(=O)N1C. The van der Waals surface area contributed by atoms with Crippen molar-refractivity contribution >= 4 is 11.8 Å². The minimum absolute atomic E-state index is 0.0124. The molecule has 4 nitrogen and oxygen atoms in total. The summed E-state index contributed by atoms with van der Waals surface area (Å²) in [6.07, 6.45) is 0. The van der Waals surface area contributed by atoms with Gasteiger partial charge in [-0.2, -0.15) is 0 Å². The number of rotatable bonds is 0. The van der Waals surface area contributed by atoms with Crippen LogP contribution in [-0.2, 0) is 9.59 Å². The quantitative estimate of drug-likeness (QED) is 0.575. The second-order valence-electron chi connectivity index (χ2n) is 4.19. The summed E-state index contributed by atoms with van der Waals surface area (Å²) in [7, 11) is 1.67. The molecule has 74 valence electrons. The summed E-state index contributed by atoms with van der Waals surface area (Å²) in [5, 5.41) is 2.74. The van der Waals surface area contributed by atoms with Gasteiger partial charge in [-0.1, -0.05) is 0 Å². The standard InChI is InChI=1S/C9H16N2O2/c1-6-7(12)10-5-9(2,3)8(13)11(6)4/h6H,5H2,1-4H3,(H,10,12). The summed E-state index contributed by atoms with van der Waals surface area (Å²) < 4.78 is 0. The van der Waals surface area contributed by atoms with Gasteiger partial charge in [0.05, 0.1) is 5.41 Å². The van der Waals surface area contributed by atoms with E-state index in [0.29, 0.717) is 6.54 Å². The highest BCUT2D eigenvalue weighted by Crippen LogP contribution is 2.20. The lowest BCUT2D eigenvalue weighted by atomic mass is 9.92. The zero-order valence-corrected chi connectivity index (χ0v) is 8.55. The Kier molecular flexibility index (Phi) is 2.32. The molecule has 1 saturated heterocycles. The fraction of sp³-hybridized carbons (Fsp3) is 0.778. The van der Waals surface area contributed by atoms with E-state index in [1.807, 2.05) is 13.8 Å². The minimum atomic E-state index is -0.491. The van der Waals surface area contributed by atoms with Crippen molar-refractivity contribution in [3.63, 3.8) is 0 Å². The molecule has 0 aromatic heterocycles. The Balaban J connectivity index is 2.95. The molecule has 4 heteroatoms. The number of carbonyl (C=O) groups is 2. The van der Waals surface area contributed by atoms with Crippen molar-refractivity contribution in [2.75, 3.05) is 13.6 Å². The molecule has 0 spiro atoms. The number of likely N-dealkylation sites (N-methyl/N-ethyl adjacent to an activating group) is 1. The van der Waals surface area contributed by atoms with Crippen molar-refractivity contribution < 1.29 is 9.59 Å². The Morgan fingerprint density at radius 2 is 2.00 bits per heavy atom. The van der Waals surface area contributed by atoms with Gasteiger partial charge in [0.15, 0.2) is 0 Å². The van der Waals surface area contributed by atoms with Crippen molar-refractivity contribution in [3.05, 3.63) is 0 Å². The van der Waals surface area contributed by atoms with E-state index in [1.165, 1.54) is 4.90 Å². The van der Waals surface area contributed by atoms with Gasteiger partial charge in [-0.3, -0.25) is 9.59 Å². The molecule has 1 atom stereocenters. The molecule has 2 amide bonds. The van der Waals surface area contributed by atoms with Gasteiger partial charge in [0.25, 0.3) is 0 Å². The Bertz CT molecular complexity index is 248. The third-order valence-electron chi connectivity index (χ3n) is 2.56. The minimum Gasteiger partial charge on any atom is -0.353 e. The van der Waals surface area contributed by atoms with Crippen LogP contribution in [0.3, 0.4) is 0 Å². The van der Waals surface area contributed by atoms with E-state index >= 15 is 0 Å². The van der Waals surface area contributed by atoms with Crippen LogP contribution in [0.1, 0.15) is 20.8 Å². The first-order chi connectivity index (χ1) is 5.86. The van der Waals surface area contributed by atoms with E-state index in [2.05, 4.69) is 5.32 Å². The molecule has 1 N–H and O–H groups in total. The largest absolute Gasteiger partial charge is 0.353 e. The van der Waals surface area contributed by atoms with Crippen molar-refractivity contribution in [1.29, 1.82) is 0 Å². The first kappa shape index (κ1) is 10.0. The monoisotopic (exact) mass is 184 g/mol. The van der Waals surface area contributed by atoms with E-state index in [-0.39, 0.29) is 17.9 Å². The van der Waals surface area contributed by atoms with Crippen LogP contribution in [0, 0.1) is 5.41 Å². The lowest BCUT2D eigenvalue weighted by Crippen LogP contribution is -2.43. The van der Waals surface area contributed by atoms with Gasteiger partial charge in [0.1, 0.15) is 6.04 Å². The van der Waals surface area contributed by atoms with Crippen molar-refractivity contribution in [2.24, 2.45) is 5.41 Å². The summed E-state index contributed by atoms with van der Waals surface area (Å²) in [5.74, 6) is -0.0697. The molecule has 1 rings (SSSR count). The number of carbonyl (C=O) groups excluding carboxylic acids is 2. The molecular formula is C9H16N2O2. The molecule has 1 aliphatic heterocycles. The molecule has 1 heterocycles. The molecular weight excluding hydrogens is 168 g/mol. The summed E-state index contributed by atoms with van der Waals surface area (Å²) >= 11 is 0. The van der Waals surface area contributed by atoms with E-state index in [1.54, 1.807) is 14.0 Å². The first-order valence-electron chi connectivity index (χ1n) is 4.41. The van der Waals surface area contributed by atoms with Crippen LogP contribution in [0.15, 0.2) is 0 Å². The smallest absolute Gasteiger partial charge is 0.242 e. The van der Waals surface area contributed by atoms with Crippen molar-refractivity contribution in [1.82, 2.24) is 10.2 Å². The molecule has 0 radical (unpaired) electrons. The topological polar surface area (TPSA) is 49.4 Å². The molecule has 0 aromatic rings. The van der Waals surface area contributed by atoms with E-state index in [4.69, 9.17) is 0 Å². The maximum atomic E-state index is 11.8. The molecule has 1 fully saturated rings. The van der Waals surface area contributed by atoms with Crippen LogP contribution in [0.2, 0.25) is 0 Å². The summed E-state index contributed by atoms with van der Waals surface area (Å²) in [6.45, 7) is 5.82. The average Bonchev–Trinajstić information content (AvgIpc) is 2.13. The van der Waals surface area contributed by atoms with Gasteiger partial charge in [-0.05, 0) is 20.8 Å². The van der Waals surface area contributed by atoms with Crippen LogP contribution < -0.4 is 5.32 Å². The maximum Gasteiger partial charge on any atom is 0.242 e. The molecule has 13 heavy (non-hydrogen) atoms. The molecule has 0 saturated carbocycles. The van der Waals surface area contributed by atoms with Crippen molar-refractivity contribution in [2.45, 2.75) is 26.8 Å². The number of hydrogen-bond donors (Lipinski definition) is 1. The number of nitrogens with zero attached hydrogens (tertiary/aromatic N) is 1. The van der Waals surface area contributed by atoms with Crippen LogP contribution in [0.5, 0.6) is 0 Å². The maximum absolute atomic E-state index is 11.8. The number of nitrogens with one attached hydrogen (secondary N) is 1. The predicted octanol–water partition coefficient (Wildman–Crippen LogP) is -0.0107. The van der Waals surface area contributed by atoms with Crippen LogP contribution in [0.4, 0.5) is 0 Å². The zero-order valence-electron chi connectivity index (χ0n) is 8.55. The van der Waals surface area contributed by atoms with Gasteiger partial charge in [0.2, 0.25) is 11.8 Å².